The van der Waals surface area contributed by atoms with Crippen LogP contribution >= 0.6 is 0 Å². The maximum Gasteiger partial charge on any atom is 2.00 e. The van der Waals surface area contributed by atoms with Crippen LogP contribution in [0.3, 0.4) is 0 Å². The van der Waals surface area contributed by atoms with Crippen LogP contribution in [0.5, 0.6) is 0 Å². The molecule has 0 bridgehead atoms. The maximum atomic E-state index is 10.1. The summed E-state index contributed by atoms with van der Waals surface area (Å²) in [6, 6.07) is 0. The van der Waals surface area contributed by atoms with Crippen LogP contribution in [-0.2, 0) is 4.79 Å². The van der Waals surface area contributed by atoms with Gasteiger partial charge in [-0.2, -0.15) is 0 Å². The molecule has 0 N–H and O–H groups in total. The van der Waals surface area contributed by atoms with Gasteiger partial charge in [-0.1, -0.05) is 0 Å². The predicted molar refractivity (Wildman–Crippen MR) is 30.1 cm³/mol. The standard InChI is InChI=1S/C4H9NO.Ca.2ClH/c1-4(6)5(2)3;;;/h1-3H3;;2*1H/q;+2;;/p-2. The monoisotopic (exact) mass is 197 g/mol. The second-order valence-corrected chi connectivity index (χ2v) is 1.41. The average Bonchev–Trinajstić information content (AvgIpc) is 1.36. The van der Waals surface area contributed by atoms with Gasteiger partial charge < -0.3 is 29.7 Å². The predicted octanol–water partition coefficient (Wildman–Crippen LogP) is -6.28. The molecule has 52 valence electrons. The molecule has 9 heavy (non-hydrogen) atoms. The topological polar surface area (TPSA) is 20.3 Å². The van der Waals surface area contributed by atoms with Crippen LogP contribution in [-0.4, -0.2) is 62.6 Å². The number of rotatable bonds is 0. The fourth-order valence-electron chi connectivity index (χ4n) is 0. The first-order valence-corrected chi connectivity index (χ1v) is 1.82. The molecular weight excluding hydrogens is 189 g/mol. The molecule has 5 heteroatoms. The summed E-state index contributed by atoms with van der Waals surface area (Å²) in [7, 11) is 3.45. The van der Waals surface area contributed by atoms with E-state index >= 15 is 0 Å². The van der Waals surface area contributed by atoms with Crippen LogP contribution in [0.15, 0.2) is 0 Å². The summed E-state index contributed by atoms with van der Waals surface area (Å²) in [6.45, 7) is 1.53. The third-order valence-corrected chi connectivity index (χ3v) is 0.630. The number of halogens is 2. The quantitative estimate of drug-likeness (QED) is 0.355. The van der Waals surface area contributed by atoms with Gasteiger partial charge >= 0.3 is 37.7 Å². The Morgan fingerprint density at radius 1 is 1.22 bits per heavy atom. The third-order valence-electron chi connectivity index (χ3n) is 0.630. The van der Waals surface area contributed by atoms with Gasteiger partial charge in [0, 0.05) is 21.0 Å². The summed E-state index contributed by atoms with van der Waals surface area (Å²) in [5.74, 6) is 0.0926. The first kappa shape index (κ1) is 22.4. The van der Waals surface area contributed by atoms with E-state index in [0.717, 1.165) is 0 Å². The van der Waals surface area contributed by atoms with Crippen LogP contribution in [0.25, 0.3) is 0 Å². The molecule has 0 unspecified atom stereocenters. The van der Waals surface area contributed by atoms with Crippen LogP contribution in [0.1, 0.15) is 6.92 Å². The molecule has 0 saturated heterocycles. The minimum Gasteiger partial charge on any atom is -1.00 e. The molecule has 0 spiro atoms. The Labute approximate surface area is 98.2 Å². The van der Waals surface area contributed by atoms with Crippen molar-refractivity contribution in [3.63, 3.8) is 0 Å². The Morgan fingerprint density at radius 2 is 1.33 bits per heavy atom. The Kier molecular flexibility index (Phi) is 30.0. The molecule has 0 aliphatic carbocycles. The average molecular weight is 198 g/mol. The minimum atomic E-state index is 0. The number of hydrogen-bond acceptors (Lipinski definition) is 1. The van der Waals surface area contributed by atoms with Crippen LogP contribution in [0, 0.1) is 0 Å². The molecule has 0 aromatic carbocycles. The number of amides is 1. The van der Waals surface area contributed by atoms with E-state index in [4.69, 9.17) is 0 Å². The number of nitrogens with zero attached hydrogens (tertiary/aromatic N) is 1. The molecule has 0 heterocycles. The first-order valence-electron chi connectivity index (χ1n) is 1.82. The third kappa shape index (κ3) is 17.6. The van der Waals surface area contributed by atoms with E-state index in [1.54, 1.807) is 14.1 Å². The molecule has 0 atom stereocenters. The zero-order valence-corrected chi connectivity index (χ0v) is 9.54. The van der Waals surface area contributed by atoms with Gasteiger partial charge in [0.1, 0.15) is 0 Å². The number of hydrogen-bond donors (Lipinski definition) is 0. The zero-order valence-electron chi connectivity index (χ0n) is 5.82. The summed E-state index contributed by atoms with van der Waals surface area (Å²) >= 11 is 0. The van der Waals surface area contributed by atoms with Crippen molar-refractivity contribution in [2.45, 2.75) is 6.92 Å². The van der Waals surface area contributed by atoms with Crippen LogP contribution in [0.4, 0.5) is 0 Å². The Balaban J connectivity index is -0.0000000417. The normalized spacial score (nSPS) is 5.22. The first-order chi connectivity index (χ1) is 2.64. The molecule has 0 fully saturated rings. The van der Waals surface area contributed by atoms with Gasteiger partial charge in [-0.15, -0.1) is 0 Å². The molecule has 1 amide bonds. The van der Waals surface area contributed by atoms with E-state index in [0.29, 0.717) is 0 Å². The van der Waals surface area contributed by atoms with Crippen molar-refractivity contribution < 1.29 is 29.6 Å². The molecule has 0 saturated carbocycles. The largest absolute Gasteiger partial charge is 2.00 e. The van der Waals surface area contributed by atoms with Crippen molar-refractivity contribution in [2.75, 3.05) is 14.1 Å². The van der Waals surface area contributed by atoms with Crippen molar-refractivity contribution in [1.82, 2.24) is 4.90 Å². The fourth-order valence-corrected chi connectivity index (χ4v) is 0. The summed E-state index contributed by atoms with van der Waals surface area (Å²) in [4.78, 5) is 11.6. The molecule has 0 aliphatic heterocycles. The van der Waals surface area contributed by atoms with Crippen molar-refractivity contribution >= 4 is 43.6 Å². The van der Waals surface area contributed by atoms with Crippen LogP contribution < -0.4 is 24.8 Å². The zero-order chi connectivity index (χ0) is 5.15. The number of carbonyl (C=O) groups excluding carboxylic acids is 1. The van der Waals surface area contributed by atoms with E-state index in [-0.39, 0.29) is 68.5 Å². The summed E-state index contributed by atoms with van der Waals surface area (Å²) < 4.78 is 0. The maximum absolute atomic E-state index is 10.1. The van der Waals surface area contributed by atoms with E-state index in [2.05, 4.69) is 0 Å². The van der Waals surface area contributed by atoms with Gasteiger partial charge in [-0.05, 0) is 0 Å². The van der Waals surface area contributed by atoms with Gasteiger partial charge in [0.15, 0.2) is 0 Å². The molecule has 0 radical (unpaired) electrons. The SMILES string of the molecule is CC(=O)N(C)C.[Ca+2].[Cl-].[Cl-]. The van der Waals surface area contributed by atoms with Gasteiger partial charge in [0.2, 0.25) is 5.91 Å². The van der Waals surface area contributed by atoms with E-state index in [1.807, 2.05) is 0 Å². The Morgan fingerprint density at radius 3 is 1.33 bits per heavy atom. The molecule has 0 aromatic heterocycles. The Hall–Kier alpha value is 1.31. The van der Waals surface area contributed by atoms with Gasteiger partial charge in [-0.3, -0.25) is 4.79 Å². The summed E-state index contributed by atoms with van der Waals surface area (Å²) in [6.07, 6.45) is 0. The second-order valence-electron chi connectivity index (χ2n) is 1.41. The van der Waals surface area contributed by atoms with Gasteiger partial charge in [0.05, 0.1) is 0 Å². The Bertz CT molecular complexity index is 69.6. The molecule has 0 rings (SSSR count). The smallest absolute Gasteiger partial charge is 1.00 e. The van der Waals surface area contributed by atoms with Crippen molar-refractivity contribution in [1.29, 1.82) is 0 Å². The van der Waals surface area contributed by atoms with E-state index in [1.165, 1.54) is 11.8 Å². The molecule has 2 nitrogen and oxygen atoms in total. The second kappa shape index (κ2) is 12.0. The van der Waals surface area contributed by atoms with Crippen molar-refractivity contribution in [2.24, 2.45) is 0 Å². The summed E-state index contributed by atoms with van der Waals surface area (Å²) in [5.41, 5.74) is 0. The number of carbonyl (C=O) groups is 1. The van der Waals surface area contributed by atoms with Crippen molar-refractivity contribution in [3.05, 3.63) is 0 Å². The van der Waals surface area contributed by atoms with Gasteiger partial charge in [-0.25, -0.2) is 0 Å². The van der Waals surface area contributed by atoms with E-state index in [9.17, 15) is 4.79 Å². The minimum absolute atomic E-state index is 0. The molecule has 0 aromatic rings. The summed E-state index contributed by atoms with van der Waals surface area (Å²) in [5, 5.41) is 0. The van der Waals surface area contributed by atoms with Crippen molar-refractivity contribution in [3.8, 4) is 0 Å². The molecular formula is C4H9CaCl2NO. The fraction of sp³-hybridized carbons (Fsp3) is 0.750. The van der Waals surface area contributed by atoms with E-state index < -0.39 is 0 Å². The van der Waals surface area contributed by atoms with Gasteiger partial charge in [0.25, 0.3) is 0 Å². The molecule has 0 aliphatic rings. The van der Waals surface area contributed by atoms with Crippen LogP contribution in [0.2, 0.25) is 0 Å².